The second-order valence-electron chi connectivity index (χ2n) is 5.27. The molecule has 2 atom stereocenters. The van der Waals surface area contributed by atoms with Gasteiger partial charge in [-0.05, 0) is 31.6 Å². The predicted octanol–water partition coefficient (Wildman–Crippen LogP) is 3.36. The van der Waals surface area contributed by atoms with Crippen LogP contribution in [0.3, 0.4) is 0 Å². The number of halogens is 2. The Morgan fingerprint density at radius 1 is 1.53 bits per heavy atom. The highest BCUT2D eigenvalue weighted by atomic mass is 19.3. The summed E-state index contributed by atoms with van der Waals surface area (Å²) in [5.41, 5.74) is 1.41. The topological polar surface area (TPSA) is 29.9 Å². The fourth-order valence-corrected chi connectivity index (χ4v) is 2.74. The quantitative estimate of drug-likeness (QED) is 0.831. The van der Waals surface area contributed by atoms with Crippen LogP contribution >= 0.6 is 0 Å². The summed E-state index contributed by atoms with van der Waals surface area (Å²) in [5, 5.41) is 3.26. The molecule has 1 aliphatic carbocycles. The van der Waals surface area contributed by atoms with Crippen molar-refractivity contribution < 1.29 is 8.78 Å². The standard InChI is InChI=1S/C14H21F2N3/c1-10-4-3-5-11(2)12(10)8-17-9-13-18-6-7-19(13)14(15)16/h4,6-7,11-12,14,17H,3,5,8-9H2,1-2H3/t11-,12-/m1/s1. The maximum atomic E-state index is 12.7. The third kappa shape index (κ3) is 3.41. The lowest BCUT2D eigenvalue weighted by atomic mass is 9.80. The van der Waals surface area contributed by atoms with E-state index in [4.69, 9.17) is 0 Å². The summed E-state index contributed by atoms with van der Waals surface area (Å²) >= 11 is 0. The van der Waals surface area contributed by atoms with E-state index in [2.05, 4.69) is 30.2 Å². The Kier molecular flexibility index (Phi) is 4.69. The van der Waals surface area contributed by atoms with E-state index in [1.165, 1.54) is 24.4 Å². The Morgan fingerprint density at radius 3 is 3.00 bits per heavy atom. The lowest BCUT2D eigenvalue weighted by Gasteiger charge is -2.29. The molecule has 0 aromatic carbocycles. The van der Waals surface area contributed by atoms with Crippen molar-refractivity contribution in [3.8, 4) is 0 Å². The summed E-state index contributed by atoms with van der Waals surface area (Å²) in [5.74, 6) is 1.54. The van der Waals surface area contributed by atoms with Crippen LogP contribution in [0.2, 0.25) is 0 Å². The molecular weight excluding hydrogens is 248 g/mol. The van der Waals surface area contributed by atoms with Crippen LogP contribution in [0.5, 0.6) is 0 Å². The van der Waals surface area contributed by atoms with Gasteiger partial charge in [0.25, 0.3) is 0 Å². The summed E-state index contributed by atoms with van der Waals surface area (Å²) < 4.78 is 26.2. The molecule has 0 unspecified atom stereocenters. The highest BCUT2D eigenvalue weighted by Gasteiger charge is 2.21. The van der Waals surface area contributed by atoms with Crippen molar-refractivity contribution in [1.29, 1.82) is 0 Å². The zero-order valence-corrected chi connectivity index (χ0v) is 11.4. The molecule has 1 aromatic rings. The number of alkyl halides is 2. The molecule has 0 aliphatic heterocycles. The highest BCUT2D eigenvalue weighted by Crippen LogP contribution is 2.29. The number of hydrogen-bond donors (Lipinski definition) is 1. The van der Waals surface area contributed by atoms with Gasteiger partial charge in [0, 0.05) is 18.9 Å². The lowest BCUT2D eigenvalue weighted by molar-refractivity contribution is 0.0665. The van der Waals surface area contributed by atoms with E-state index in [1.54, 1.807) is 0 Å². The van der Waals surface area contributed by atoms with Gasteiger partial charge in [0.2, 0.25) is 0 Å². The first-order valence-corrected chi connectivity index (χ1v) is 6.77. The van der Waals surface area contributed by atoms with Gasteiger partial charge >= 0.3 is 6.55 Å². The zero-order valence-electron chi connectivity index (χ0n) is 11.4. The van der Waals surface area contributed by atoms with Gasteiger partial charge in [-0.3, -0.25) is 4.57 Å². The molecule has 1 heterocycles. The van der Waals surface area contributed by atoms with Crippen molar-refractivity contribution >= 4 is 0 Å². The number of allylic oxidation sites excluding steroid dienone is 1. The van der Waals surface area contributed by atoms with E-state index in [1.807, 2.05) is 0 Å². The minimum absolute atomic E-state index is 0.383. The predicted molar refractivity (Wildman–Crippen MR) is 70.8 cm³/mol. The molecule has 0 fully saturated rings. The van der Waals surface area contributed by atoms with Crippen LogP contribution in [-0.4, -0.2) is 16.1 Å². The Balaban J connectivity index is 1.88. The van der Waals surface area contributed by atoms with Crippen LogP contribution in [0, 0.1) is 11.8 Å². The summed E-state index contributed by atoms with van der Waals surface area (Å²) in [6.45, 7) is 3.09. The highest BCUT2D eigenvalue weighted by molar-refractivity contribution is 5.09. The van der Waals surface area contributed by atoms with Gasteiger partial charge < -0.3 is 5.32 Å². The van der Waals surface area contributed by atoms with Crippen LogP contribution in [0.15, 0.2) is 24.0 Å². The molecule has 106 valence electrons. The Morgan fingerprint density at radius 2 is 2.32 bits per heavy atom. The van der Waals surface area contributed by atoms with Gasteiger partial charge in [-0.2, -0.15) is 8.78 Å². The van der Waals surface area contributed by atoms with Crippen LogP contribution in [0.25, 0.3) is 0 Å². The SMILES string of the molecule is CC1=CCC[C@@H](C)[C@@H]1CNCc1nccn1C(F)F. The number of aromatic nitrogens is 2. The van der Waals surface area contributed by atoms with E-state index in [0.29, 0.717) is 24.2 Å². The van der Waals surface area contributed by atoms with E-state index in [0.717, 1.165) is 17.5 Å². The monoisotopic (exact) mass is 269 g/mol. The largest absolute Gasteiger partial charge is 0.319 e. The fraction of sp³-hybridized carbons (Fsp3) is 0.643. The molecule has 1 N–H and O–H groups in total. The average Bonchev–Trinajstić information content (AvgIpc) is 2.81. The molecule has 0 bridgehead atoms. The molecule has 0 radical (unpaired) electrons. The Hall–Kier alpha value is -1.23. The number of nitrogens with one attached hydrogen (secondary N) is 1. The van der Waals surface area contributed by atoms with Crippen LogP contribution in [0.1, 0.15) is 39.1 Å². The molecule has 19 heavy (non-hydrogen) atoms. The average molecular weight is 269 g/mol. The molecule has 0 saturated carbocycles. The van der Waals surface area contributed by atoms with E-state index >= 15 is 0 Å². The first-order chi connectivity index (χ1) is 9.09. The van der Waals surface area contributed by atoms with Crippen molar-refractivity contribution in [3.63, 3.8) is 0 Å². The first-order valence-electron chi connectivity index (χ1n) is 6.77. The lowest BCUT2D eigenvalue weighted by Crippen LogP contribution is -2.30. The zero-order chi connectivity index (χ0) is 13.8. The third-order valence-electron chi connectivity index (χ3n) is 3.97. The number of nitrogens with zero attached hydrogens (tertiary/aromatic N) is 2. The minimum Gasteiger partial charge on any atom is -0.309 e. The summed E-state index contributed by atoms with van der Waals surface area (Å²) in [6.07, 6.45) is 7.37. The van der Waals surface area contributed by atoms with Crippen molar-refractivity contribution in [1.82, 2.24) is 14.9 Å². The maximum Gasteiger partial charge on any atom is 0.319 e. The molecule has 5 heteroatoms. The number of hydrogen-bond acceptors (Lipinski definition) is 2. The Bertz CT molecular complexity index is 440. The van der Waals surface area contributed by atoms with Gasteiger partial charge in [-0.25, -0.2) is 4.98 Å². The van der Waals surface area contributed by atoms with Crippen LogP contribution in [-0.2, 0) is 6.54 Å². The molecule has 0 saturated heterocycles. The van der Waals surface area contributed by atoms with Gasteiger partial charge in [0.1, 0.15) is 5.82 Å². The Labute approximate surface area is 112 Å². The van der Waals surface area contributed by atoms with Crippen molar-refractivity contribution in [3.05, 3.63) is 29.9 Å². The van der Waals surface area contributed by atoms with E-state index < -0.39 is 6.55 Å². The molecule has 0 spiro atoms. The van der Waals surface area contributed by atoms with Gasteiger partial charge in [0.15, 0.2) is 0 Å². The number of rotatable bonds is 5. The van der Waals surface area contributed by atoms with Crippen LogP contribution in [0.4, 0.5) is 8.78 Å². The summed E-state index contributed by atoms with van der Waals surface area (Å²) in [6, 6.07) is 0. The second-order valence-corrected chi connectivity index (χ2v) is 5.27. The molecule has 1 aromatic heterocycles. The second kappa shape index (κ2) is 6.28. The smallest absolute Gasteiger partial charge is 0.309 e. The minimum atomic E-state index is -2.52. The molecular formula is C14H21F2N3. The molecule has 3 nitrogen and oxygen atoms in total. The fourth-order valence-electron chi connectivity index (χ4n) is 2.74. The van der Waals surface area contributed by atoms with Crippen molar-refractivity contribution in [2.45, 2.75) is 39.8 Å². The molecule has 2 rings (SSSR count). The summed E-state index contributed by atoms with van der Waals surface area (Å²) in [4.78, 5) is 3.96. The number of imidazole rings is 1. The van der Waals surface area contributed by atoms with Crippen molar-refractivity contribution in [2.24, 2.45) is 11.8 Å². The normalized spacial score (nSPS) is 23.7. The first kappa shape index (κ1) is 14.2. The van der Waals surface area contributed by atoms with Gasteiger partial charge in [-0.15, -0.1) is 0 Å². The molecule has 1 aliphatic rings. The third-order valence-corrected chi connectivity index (χ3v) is 3.97. The van der Waals surface area contributed by atoms with E-state index in [-0.39, 0.29) is 0 Å². The van der Waals surface area contributed by atoms with Crippen molar-refractivity contribution in [2.75, 3.05) is 6.54 Å². The van der Waals surface area contributed by atoms with E-state index in [9.17, 15) is 8.78 Å². The van der Waals surface area contributed by atoms with Gasteiger partial charge in [-0.1, -0.05) is 18.6 Å². The summed E-state index contributed by atoms with van der Waals surface area (Å²) in [7, 11) is 0. The van der Waals surface area contributed by atoms with Crippen LogP contribution < -0.4 is 5.32 Å². The molecule has 0 amide bonds. The maximum absolute atomic E-state index is 12.7. The van der Waals surface area contributed by atoms with Gasteiger partial charge in [0.05, 0.1) is 6.54 Å².